The first-order valence-corrected chi connectivity index (χ1v) is 5.25. The summed E-state index contributed by atoms with van der Waals surface area (Å²) in [5.74, 6) is 0. The summed E-state index contributed by atoms with van der Waals surface area (Å²) in [5, 5.41) is 0.676. The molecule has 72 valence electrons. The molecule has 0 saturated carbocycles. The van der Waals surface area contributed by atoms with Crippen molar-refractivity contribution in [3.63, 3.8) is 0 Å². The minimum atomic E-state index is -1.54. The summed E-state index contributed by atoms with van der Waals surface area (Å²) < 4.78 is -1.54. The Morgan fingerprint density at radius 1 is 1.08 bits per heavy atom. The van der Waals surface area contributed by atoms with Crippen LogP contribution in [-0.2, 0) is 3.79 Å². The maximum atomic E-state index is 5.90. The van der Waals surface area contributed by atoms with Crippen LogP contribution in [0.25, 0.3) is 0 Å². The predicted molar refractivity (Wildman–Crippen MR) is 60.4 cm³/mol. The molecular weight excluding hydrogens is 273 g/mol. The van der Waals surface area contributed by atoms with Crippen LogP contribution in [0.5, 0.6) is 0 Å². The summed E-state index contributed by atoms with van der Waals surface area (Å²) in [5.41, 5.74) is 1.24. The van der Waals surface area contributed by atoms with Crippen molar-refractivity contribution >= 4 is 58.0 Å². The van der Waals surface area contributed by atoms with E-state index in [9.17, 15) is 0 Å². The van der Waals surface area contributed by atoms with Crippen LogP contribution in [-0.4, -0.2) is 0 Å². The molecule has 0 nitrogen and oxygen atoms in total. The lowest BCUT2D eigenvalue weighted by molar-refractivity contribution is 1.19. The first kappa shape index (κ1) is 11.7. The topological polar surface area (TPSA) is 0 Å². The molecule has 0 atom stereocenters. The van der Waals surface area contributed by atoms with Crippen LogP contribution in [0, 0.1) is 6.92 Å². The summed E-state index contributed by atoms with van der Waals surface area (Å²) in [6.45, 7) is 1.80. The second-order valence-electron chi connectivity index (χ2n) is 2.55. The van der Waals surface area contributed by atoms with E-state index in [1.165, 1.54) is 0 Å². The normalized spacial score (nSPS) is 11.8. The highest BCUT2D eigenvalue weighted by atomic mass is 35.6. The van der Waals surface area contributed by atoms with Crippen LogP contribution < -0.4 is 0 Å². The monoisotopic (exact) mass is 276 g/mol. The van der Waals surface area contributed by atoms with Gasteiger partial charge in [0, 0.05) is 5.56 Å². The molecule has 0 radical (unpaired) electrons. The molecule has 5 heteroatoms. The lowest BCUT2D eigenvalue weighted by Crippen LogP contribution is -2.04. The zero-order valence-corrected chi connectivity index (χ0v) is 10.3. The predicted octanol–water partition coefficient (Wildman–Crippen LogP) is 5.13. The Morgan fingerprint density at radius 2 is 1.62 bits per heavy atom. The van der Waals surface area contributed by atoms with Crippen molar-refractivity contribution in [1.82, 2.24) is 0 Å². The molecule has 1 rings (SSSR count). The van der Waals surface area contributed by atoms with Gasteiger partial charge in [-0.3, -0.25) is 0 Å². The molecule has 0 unspecified atom stereocenters. The van der Waals surface area contributed by atoms with E-state index in [1.54, 1.807) is 19.1 Å². The summed E-state index contributed by atoms with van der Waals surface area (Å²) >= 11 is 28.9. The Hall–Kier alpha value is 0.670. The van der Waals surface area contributed by atoms with Gasteiger partial charge in [0.25, 0.3) is 0 Å². The average molecular weight is 278 g/mol. The van der Waals surface area contributed by atoms with Gasteiger partial charge in [-0.05, 0) is 18.6 Å². The van der Waals surface area contributed by atoms with Crippen molar-refractivity contribution in [2.75, 3.05) is 0 Å². The summed E-state index contributed by atoms with van der Waals surface area (Å²) in [4.78, 5) is 0. The second kappa shape index (κ2) is 4.04. The molecule has 0 bridgehead atoms. The van der Waals surface area contributed by atoms with E-state index in [0.717, 1.165) is 5.56 Å². The van der Waals surface area contributed by atoms with Gasteiger partial charge in [-0.15, -0.1) is 0 Å². The van der Waals surface area contributed by atoms with Gasteiger partial charge in [0.1, 0.15) is 0 Å². The van der Waals surface area contributed by atoms with E-state index in [1.807, 2.05) is 0 Å². The van der Waals surface area contributed by atoms with Gasteiger partial charge in [0.2, 0.25) is 3.79 Å². The van der Waals surface area contributed by atoms with E-state index in [4.69, 9.17) is 58.0 Å². The molecule has 1 aromatic rings. The SMILES string of the molecule is Cc1ccc(Cl)c(Cl)c1C(Cl)(Cl)Cl. The fraction of sp³-hybridized carbons (Fsp3) is 0.250. The molecule has 0 spiro atoms. The van der Waals surface area contributed by atoms with E-state index < -0.39 is 3.79 Å². The number of benzene rings is 1. The first-order chi connectivity index (χ1) is 5.84. The Bertz CT molecular complexity index is 326. The van der Waals surface area contributed by atoms with Gasteiger partial charge < -0.3 is 0 Å². The third kappa shape index (κ3) is 2.57. The van der Waals surface area contributed by atoms with Gasteiger partial charge in [-0.25, -0.2) is 0 Å². The van der Waals surface area contributed by atoms with Gasteiger partial charge >= 0.3 is 0 Å². The van der Waals surface area contributed by atoms with Crippen molar-refractivity contribution in [2.45, 2.75) is 10.7 Å². The Labute approximate surface area is 102 Å². The first-order valence-electron chi connectivity index (χ1n) is 3.36. The Morgan fingerprint density at radius 3 is 2.00 bits per heavy atom. The minimum Gasteiger partial charge on any atom is -0.0827 e. The lowest BCUT2D eigenvalue weighted by Gasteiger charge is -2.16. The van der Waals surface area contributed by atoms with Crippen molar-refractivity contribution in [2.24, 2.45) is 0 Å². The van der Waals surface area contributed by atoms with Gasteiger partial charge in [-0.2, -0.15) is 0 Å². The molecule has 13 heavy (non-hydrogen) atoms. The van der Waals surface area contributed by atoms with E-state index >= 15 is 0 Å². The van der Waals surface area contributed by atoms with Crippen LogP contribution in [0.3, 0.4) is 0 Å². The van der Waals surface area contributed by atoms with Crippen LogP contribution in [0.4, 0.5) is 0 Å². The van der Waals surface area contributed by atoms with E-state index in [0.29, 0.717) is 15.6 Å². The Kier molecular flexibility index (Phi) is 3.65. The van der Waals surface area contributed by atoms with Crippen LogP contribution in [0.2, 0.25) is 10.0 Å². The number of hydrogen-bond acceptors (Lipinski definition) is 0. The fourth-order valence-electron chi connectivity index (χ4n) is 0.995. The third-order valence-corrected chi connectivity index (χ3v) is 2.96. The van der Waals surface area contributed by atoms with Gasteiger partial charge in [0.15, 0.2) is 0 Å². The fourth-order valence-corrected chi connectivity index (χ4v) is 2.38. The molecule has 0 aliphatic rings. The summed E-state index contributed by atoms with van der Waals surface area (Å²) in [6.07, 6.45) is 0. The average Bonchev–Trinajstić information content (AvgIpc) is 1.95. The summed E-state index contributed by atoms with van der Waals surface area (Å²) in [6, 6.07) is 3.42. The molecule has 0 amide bonds. The van der Waals surface area contributed by atoms with Crippen LogP contribution >= 0.6 is 58.0 Å². The van der Waals surface area contributed by atoms with E-state index in [2.05, 4.69) is 0 Å². The minimum absolute atomic E-state index is 0.293. The van der Waals surface area contributed by atoms with Gasteiger partial charge in [-0.1, -0.05) is 64.1 Å². The maximum absolute atomic E-state index is 5.90. The van der Waals surface area contributed by atoms with Crippen LogP contribution in [0.1, 0.15) is 11.1 Å². The third-order valence-electron chi connectivity index (χ3n) is 1.59. The number of aryl methyl sites for hydroxylation is 1. The number of rotatable bonds is 0. The van der Waals surface area contributed by atoms with E-state index in [-0.39, 0.29) is 0 Å². The maximum Gasteiger partial charge on any atom is 0.217 e. The number of halogens is 5. The molecule has 1 aromatic carbocycles. The molecule has 0 N–H and O–H groups in total. The van der Waals surface area contributed by atoms with Crippen molar-refractivity contribution in [1.29, 1.82) is 0 Å². The van der Waals surface area contributed by atoms with Crippen LogP contribution in [0.15, 0.2) is 12.1 Å². The largest absolute Gasteiger partial charge is 0.217 e. The highest BCUT2D eigenvalue weighted by Crippen LogP contribution is 2.45. The molecule has 0 aliphatic heterocycles. The standard InChI is InChI=1S/C8H5Cl5/c1-4-2-3-5(9)7(10)6(4)8(11,12)13/h2-3H,1H3. The molecule has 0 aromatic heterocycles. The molecule has 0 saturated heterocycles. The second-order valence-corrected chi connectivity index (χ2v) is 5.62. The smallest absolute Gasteiger partial charge is 0.0827 e. The molecule has 0 heterocycles. The number of alkyl halides is 3. The Balaban J connectivity index is 3.43. The van der Waals surface area contributed by atoms with Crippen molar-refractivity contribution in [3.8, 4) is 0 Å². The zero-order valence-electron chi connectivity index (χ0n) is 6.54. The zero-order chi connectivity index (χ0) is 10.2. The highest BCUT2D eigenvalue weighted by Gasteiger charge is 2.28. The molecular formula is C8H5Cl5. The quantitative estimate of drug-likeness (QED) is 0.577. The van der Waals surface area contributed by atoms with Crippen molar-refractivity contribution < 1.29 is 0 Å². The molecule has 0 aliphatic carbocycles. The van der Waals surface area contributed by atoms with Gasteiger partial charge in [0.05, 0.1) is 10.0 Å². The highest BCUT2D eigenvalue weighted by molar-refractivity contribution is 6.67. The lowest BCUT2D eigenvalue weighted by atomic mass is 10.1. The molecule has 0 fully saturated rings. The summed E-state index contributed by atoms with van der Waals surface area (Å²) in [7, 11) is 0. The van der Waals surface area contributed by atoms with Crippen molar-refractivity contribution in [3.05, 3.63) is 33.3 Å². The number of hydrogen-bond donors (Lipinski definition) is 0.